The van der Waals surface area contributed by atoms with Gasteiger partial charge >= 0.3 is 6.09 Å². The summed E-state index contributed by atoms with van der Waals surface area (Å²) in [5, 5.41) is 0. The summed E-state index contributed by atoms with van der Waals surface area (Å²) >= 11 is 0. The summed E-state index contributed by atoms with van der Waals surface area (Å²) in [7, 11) is 0. The van der Waals surface area contributed by atoms with E-state index in [0.717, 1.165) is 5.56 Å². The van der Waals surface area contributed by atoms with E-state index in [1.54, 1.807) is 35.6 Å². The molecule has 0 spiro atoms. The minimum atomic E-state index is -0.348. The van der Waals surface area contributed by atoms with Crippen LogP contribution in [0.1, 0.15) is 24.0 Å². The molecule has 0 aliphatic carbocycles. The molecule has 0 radical (unpaired) electrons. The number of rotatable bonds is 7. The van der Waals surface area contributed by atoms with E-state index in [4.69, 9.17) is 14.3 Å². The predicted molar refractivity (Wildman–Crippen MR) is 121 cm³/mol. The van der Waals surface area contributed by atoms with Crippen LogP contribution in [-0.4, -0.2) is 45.1 Å². The zero-order chi connectivity index (χ0) is 22.9. The van der Waals surface area contributed by atoms with Crippen LogP contribution in [0.2, 0.25) is 0 Å². The van der Waals surface area contributed by atoms with Gasteiger partial charge in [0.15, 0.2) is 0 Å². The van der Waals surface area contributed by atoms with Gasteiger partial charge in [0, 0.05) is 44.5 Å². The standard InChI is InChI=1S/C24H25N5O4/c1-18-22(26-17-27-23(18)33-28-13-9-19-6-5-12-25-16-19)31-21-10-14-29(15-11-21)24(30)32-20-7-3-2-4-8-20/h2-9,12-13,16-17,21,28H,10-11,14-15H2,1H3. The summed E-state index contributed by atoms with van der Waals surface area (Å²) in [6.07, 6.45) is 9.28. The first kappa shape index (κ1) is 22.1. The summed E-state index contributed by atoms with van der Waals surface area (Å²) in [6.45, 7) is 2.93. The second kappa shape index (κ2) is 10.9. The monoisotopic (exact) mass is 447 g/mol. The minimum Gasteiger partial charge on any atom is -0.474 e. The molecule has 4 rings (SSSR count). The lowest BCUT2D eigenvalue weighted by Gasteiger charge is -2.31. The first-order chi connectivity index (χ1) is 16.2. The van der Waals surface area contributed by atoms with Crippen molar-refractivity contribution in [2.75, 3.05) is 13.1 Å². The van der Waals surface area contributed by atoms with Gasteiger partial charge in [-0.15, -0.1) is 0 Å². The maximum atomic E-state index is 12.4. The molecular weight excluding hydrogens is 422 g/mol. The third-order valence-electron chi connectivity index (χ3n) is 5.10. The van der Waals surface area contributed by atoms with Gasteiger partial charge in [-0.25, -0.2) is 15.3 Å². The lowest BCUT2D eigenvalue weighted by molar-refractivity contribution is 0.0894. The van der Waals surface area contributed by atoms with E-state index in [0.29, 0.717) is 49.0 Å². The Balaban J connectivity index is 1.26. The van der Waals surface area contributed by atoms with Gasteiger partial charge in [-0.05, 0) is 36.8 Å². The zero-order valence-corrected chi connectivity index (χ0v) is 18.3. The summed E-state index contributed by atoms with van der Waals surface area (Å²) in [5.74, 6) is 1.37. The van der Waals surface area contributed by atoms with Crippen LogP contribution in [0.5, 0.6) is 17.5 Å². The Kier molecular flexibility index (Phi) is 7.32. The van der Waals surface area contributed by atoms with E-state index in [-0.39, 0.29) is 12.2 Å². The molecule has 3 heterocycles. The SMILES string of the molecule is Cc1c(ONC=Cc2cccnc2)ncnc1OC1CCN(C(=O)Oc2ccccc2)CC1. The number of amides is 1. The summed E-state index contributed by atoms with van der Waals surface area (Å²) < 4.78 is 11.5. The quantitative estimate of drug-likeness (QED) is 0.547. The van der Waals surface area contributed by atoms with Crippen LogP contribution in [-0.2, 0) is 0 Å². The topological polar surface area (TPSA) is 98.7 Å². The first-order valence-corrected chi connectivity index (χ1v) is 10.7. The van der Waals surface area contributed by atoms with E-state index in [9.17, 15) is 4.79 Å². The van der Waals surface area contributed by atoms with E-state index < -0.39 is 0 Å². The second-order valence-corrected chi connectivity index (χ2v) is 7.43. The molecule has 1 N–H and O–H groups in total. The number of likely N-dealkylation sites (tertiary alicyclic amines) is 1. The number of hydroxylamine groups is 1. The van der Waals surface area contributed by atoms with Crippen molar-refractivity contribution in [1.29, 1.82) is 0 Å². The van der Waals surface area contributed by atoms with Gasteiger partial charge in [-0.2, -0.15) is 4.98 Å². The molecular formula is C24H25N5O4. The first-order valence-electron chi connectivity index (χ1n) is 10.7. The Morgan fingerprint density at radius 3 is 2.64 bits per heavy atom. The molecule has 1 saturated heterocycles. The average molecular weight is 447 g/mol. The smallest absolute Gasteiger partial charge is 0.415 e. The summed E-state index contributed by atoms with van der Waals surface area (Å²) in [4.78, 5) is 32.0. The molecule has 1 fully saturated rings. The van der Waals surface area contributed by atoms with Crippen molar-refractivity contribution in [3.63, 3.8) is 0 Å². The number of para-hydroxylation sites is 1. The van der Waals surface area contributed by atoms with Gasteiger partial charge in [0.1, 0.15) is 18.2 Å². The fraction of sp³-hybridized carbons (Fsp3) is 0.250. The highest BCUT2D eigenvalue weighted by atomic mass is 16.7. The number of hydrogen-bond donors (Lipinski definition) is 1. The molecule has 1 aromatic carbocycles. The lowest BCUT2D eigenvalue weighted by atomic mass is 10.1. The Hall–Kier alpha value is -4.14. The van der Waals surface area contributed by atoms with E-state index in [1.807, 2.05) is 43.3 Å². The van der Waals surface area contributed by atoms with Gasteiger partial charge < -0.3 is 19.2 Å². The number of nitrogens with one attached hydrogen (secondary N) is 1. The Morgan fingerprint density at radius 2 is 1.88 bits per heavy atom. The third-order valence-corrected chi connectivity index (χ3v) is 5.10. The normalized spacial score (nSPS) is 14.2. The highest BCUT2D eigenvalue weighted by Crippen LogP contribution is 2.25. The van der Waals surface area contributed by atoms with Gasteiger partial charge in [-0.1, -0.05) is 24.3 Å². The van der Waals surface area contributed by atoms with Crippen LogP contribution < -0.4 is 19.8 Å². The van der Waals surface area contributed by atoms with Crippen molar-refractivity contribution in [2.24, 2.45) is 0 Å². The molecule has 9 nitrogen and oxygen atoms in total. The maximum Gasteiger partial charge on any atom is 0.415 e. The molecule has 0 unspecified atom stereocenters. The van der Waals surface area contributed by atoms with Crippen molar-refractivity contribution < 1.29 is 19.1 Å². The van der Waals surface area contributed by atoms with Crippen molar-refractivity contribution in [3.8, 4) is 17.5 Å². The van der Waals surface area contributed by atoms with E-state index in [2.05, 4.69) is 20.4 Å². The van der Waals surface area contributed by atoms with Crippen LogP contribution in [0.4, 0.5) is 4.79 Å². The van der Waals surface area contributed by atoms with Crippen LogP contribution in [0, 0.1) is 6.92 Å². The summed E-state index contributed by atoms with van der Waals surface area (Å²) in [6, 6.07) is 12.8. The van der Waals surface area contributed by atoms with E-state index in [1.165, 1.54) is 6.33 Å². The molecule has 170 valence electrons. The molecule has 0 bridgehead atoms. The highest BCUT2D eigenvalue weighted by molar-refractivity contribution is 5.70. The number of ether oxygens (including phenoxy) is 2. The minimum absolute atomic E-state index is 0.0642. The molecule has 33 heavy (non-hydrogen) atoms. The van der Waals surface area contributed by atoms with Gasteiger partial charge in [0.25, 0.3) is 5.88 Å². The Morgan fingerprint density at radius 1 is 1.09 bits per heavy atom. The number of nitrogens with zero attached hydrogens (tertiary/aromatic N) is 4. The van der Waals surface area contributed by atoms with E-state index >= 15 is 0 Å². The van der Waals surface area contributed by atoms with Gasteiger partial charge in [-0.3, -0.25) is 4.98 Å². The number of aromatic nitrogens is 3. The zero-order valence-electron chi connectivity index (χ0n) is 18.3. The van der Waals surface area contributed by atoms with Crippen molar-refractivity contribution in [1.82, 2.24) is 25.3 Å². The third kappa shape index (κ3) is 6.19. The number of carbonyl (C=O) groups is 1. The van der Waals surface area contributed by atoms with Crippen molar-refractivity contribution >= 4 is 12.2 Å². The van der Waals surface area contributed by atoms with Gasteiger partial charge in [0.2, 0.25) is 5.88 Å². The molecule has 0 saturated carbocycles. The molecule has 9 heteroatoms. The molecule has 1 amide bonds. The number of piperidine rings is 1. The Labute approximate surface area is 192 Å². The molecule has 2 aromatic heterocycles. The van der Waals surface area contributed by atoms with Gasteiger partial charge in [0.05, 0.1) is 5.56 Å². The fourth-order valence-corrected chi connectivity index (χ4v) is 3.30. The number of pyridine rings is 1. The predicted octanol–water partition coefficient (Wildman–Crippen LogP) is 3.78. The highest BCUT2D eigenvalue weighted by Gasteiger charge is 2.26. The number of benzene rings is 1. The maximum absolute atomic E-state index is 12.4. The number of carbonyl (C=O) groups excluding carboxylic acids is 1. The largest absolute Gasteiger partial charge is 0.474 e. The van der Waals surface area contributed by atoms with Crippen LogP contribution in [0.15, 0.2) is 67.4 Å². The fourth-order valence-electron chi connectivity index (χ4n) is 3.30. The molecule has 1 aliphatic rings. The average Bonchev–Trinajstić information content (AvgIpc) is 2.85. The molecule has 1 aliphatic heterocycles. The Bertz CT molecular complexity index is 1070. The van der Waals surface area contributed by atoms with Crippen LogP contribution >= 0.6 is 0 Å². The van der Waals surface area contributed by atoms with Crippen molar-refractivity contribution in [3.05, 3.63) is 78.5 Å². The van der Waals surface area contributed by atoms with Crippen LogP contribution in [0.25, 0.3) is 6.08 Å². The summed E-state index contributed by atoms with van der Waals surface area (Å²) in [5.41, 5.74) is 4.37. The lowest BCUT2D eigenvalue weighted by Crippen LogP contribution is -2.43. The molecule has 0 atom stereocenters. The number of hydrogen-bond acceptors (Lipinski definition) is 8. The second-order valence-electron chi connectivity index (χ2n) is 7.43. The molecule has 3 aromatic rings. The van der Waals surface area contributed by atoms with Crippen LogP contribution in [0.3, 0.4) is 0 Å². The van der Waals surface area contributed by atoms with Crippen molar-refractivity contribution in [2.45, 2.75) is 25.9 Å².